The summed E-state index contributed by atoms with van der Waals surface area (Å²) in [5.41, 5.74) is 1.60. The first-order valence-corrected chi connectivity index (χ1v) is 8.09. The molecule has 3 rings (SSSR count). The summed E-state index contributed by atoms with van der Waals surface area (Å²) < 4.78 is 7.63. The van der Waals surface area contributed by atoms with E-state index in [1.807, 2.05) is 29.8 Å². The van der Waals surface area contributed by atoms with Gasteiger partial charge in [-0.1, -0.05) is 6.07 Å². The molecular formula is C19H20N4O2. The molecular weight excluding hydrogens is 316 g/mol. The van der Waals surface area contributed by atoms with Crippen molar-refractivity contribution in [3.8, 4) is 5.75 Å². The van der Waals surface area contributed by atoms with Gasteiger partial charge in [-0.2, -0.15) is 0 Å². The fraction of sp³-hybridized carbons (Fsp3) is 0.211. The van der Waals surface area contributed by atoms with Crippen LogP contribution in [0.2, 0.25) is 0 Å². The first-order valence-electron chi connectivity index (χ1n) is 8.09. The Morgan fingerprint density at radius 2 is 2.04 bits per heavy atom. The first kappa shape index (κ1) is 16.7. The molecule has 1 amide bonds. The van der Waals surface area contributed by atoms with Crippen molar-refractivity contribution in [1.29, 1.82) is 0 Å². The van der Waals surface area contributed by atoms with Gasteiger partial charge >= 0.3 is 0 Å². The monoisotopic (exact) mass is 336 g/mol. The Morgan fingerprint density at radius 1 is 1.20 bits per heavy atom. The number of carbonyl (C=O) groups excluding carboxylic acids is 1. The maximum absolute atomic E-state index is 12.3. The maximum atomic E-state index is 12.3. The maximum Gasteiger partial charge on any atom is 0.251 e. The van der Waals surface area contributed by atoms with E-state index < -0.39 is 0 Å². The van der Waals surface area contributed by atoms with Crippen LogP contribution in [-0.2, 0) is 13.2 Å². The molecule has 6 heteroatoms. The number of ether oxygens (including phenoxy) is 1. The molecule has 2 heterocycles. The molecule has 6 nitrogen and oxygen atoms in total. The van der Waals surface area contributed by atoms with Crippen LogP contribution in [0, 0.1) is 0 Å². The minimum absolute atomic E-state index is 0.00297. The molecule has 3 aromatic rings. The van der Waals surface area contributed by atoms with E-state index in [0.717, 1.165) is 5.56 Å². The molecule has 0 radical (unpaired) electrons. The molecule has 128 valence electrons. The Balaban J connectivity index is 1.51. The second-order valence-electron chi connectivity index (χ2n) is 5.81. The van der Waals surface area contributed by atoms with Gasteiger partial charge in [-0.05, 0) is 37.3 Å². The molecule has 0 aliphatic rings. The lowest BCUT2D eigenvalue weighted by Gasteiger charge is -2.14. The lowest BCUT2D eigenvalue weighted by Crippen LogP contribution is -2.35. The molecule has 0 bridgehead atoms. The zero-order chi connectivity index (χ0) is 17.5. The minimum Gasteiger partial charge on any atom is -0.489 e. The largest absolute Gasteiger partial charge is 0.489 e. The highest BCUT2D eigenvalue weighted by atomic mass is 16.5. The van der Waals surface area contributed by atoms with Crippen LogP contribution in [0.4, 0.5) is 0 Å². The van der Waals surface area contributed by atoms with Gasteiger partial charge in [0.25, 0.3) is 5.91 Å². The average Bonchev–Trinajstić information content (AvgIpc) is 3.14. The fourth-order valence-electron chi connectivity index (χ4n) is 2.42. The zero-order valence-electron chi connectivity index (χ0n) is 14.0. The van der Waals surface area contributed by atoms with Gasteiger partial charge in [-0.15, -0.1) is 0 Å². The summed E-state index contributed by atoms with van der Waals surface area (Å²) >= 11 is 0. The van der Waals surface area contributed by atoms with Gasteiger partial charge in [0.05, 0.1) is 6.33 Å². The van der Waals surface area contributed by atoms with E-state index in [1.165, 1.54) is 0 Å². The number of amides is 1. The third kappa shape index (κ3) is 4.91. The number of hydrogen-bond acceptors (Lipinski definition) is 4. The minimum atomic E-state index is -0.105. The van der Waals surface area contributed by atoms with Crippen molar-refractivity contribution in [2.75, 3.05) is 0 Å². The first-order chi connectivity index (χ1) is 12.2. The van der Waals surface area contributed by atoms with Crippen molar-refractivity contribution >= 4 is 5.91 Å². The summed E-state index contributed by atoms with van der Waals surface area (Å²) in [5.74, 6) is 0.610. The molecule has 0 spiro atoms. The average molecular weight is 336 g/mol. The Morgan fingerprint density at radius 3 is 2.72 bits per heavy atom. The van der Waals surface area contributed by atoms with E-state index in [-0.39, 0.29) is 11.9 Å². The van der Waals surface area contributed by atoms with Gasteiger partial charge in [-0.25, -0.2) is 4.98 Å². The summed E-state index contributed by atoms with van der Waals surface area (Å²) in [4.78, 5) is 20.3. The highest BCUT2D eigenvalue weighted by Crippen LogP contribution is 2.14. The summed E-state index contributed by atoms with van der Waals surface area (Å²) in [5, 5.41) is 2.98. The topological polar surface area (TPSA) is 69.0 Å². The van der Waals surface area contributed by atoms with E-state index >= 15 is 0 Å². The lowest BCUT2D eigenvalue weighted by molar-refractivity contribution is 0.0936. The number of imidazole rings is 1. The summed E-state index contributed by atoms with van der Waals surface area (Å²) in [7, 11) is 0. The van der Waals surface area contributed by atoms with E-state index in [4.69, 9.17) is 4.74 Å². The molecule has 25 heavy (non-hydrogen) atoms. The van der Waals surface area contributed by atoms with Gasteiger partial charge in [0.1, 0.15) is 12.4 Å². The van der Waals surface area contributed by atoms with Crippen molar-refractivity contribution < 1.29 is 9.53 Å². The van der Waals surface area contributed by atoms with Crippen molar-refractivity contribution in [2.45, 2.75) is 26.1 Å². The third-order valence-corrected chi connectivity index (χ3v) is 3.67. The number of nitrogens with one attached hydrogen (secondary N) is 1. The van der Waals surface area contributed by atoms with Crippen molar-refractivity contribution in [3.05, 3.63) is 78.6 Å². The number of benzene rings is 1. The number of aromatic nitrogens is 3. The fourth-order valence-corrected chi connectivity index (χ4v) is 2.42. The summed E-state index contributed by atoms with van der Waals surface area (Å²) in [6, 6.07) is 10.9. The van der Waals surface area contributed by atoms with Gasteiger partial charge in [-0.3, -0.25) is 9.78 Å². The van der Waals surface area contributed by atoms with Crippen LogP contribution in [0.25, 0.3) is 0 Å². The summed E-state index contributed by atoms with van der Waals surface area (Å²) in [6.07, 6.45) is 8.82. The number of carbonyl (C=O) groups is 1. The molecule has 1 N–H and O–H groups in total. The zero-order valence-corrected chi connectivity index (χ0v) is 14.0. The van der Waals surface area contributed by atoms with Crippen LogP contribution < -0.4 is 10.1 Å². The smallest absolute Gasteiger partial charge is 0.251 e. The number of rotatable bonds is 7. The SMILES string of the molecule is C[C@H](Cn1ccnc1)NC(=O)c1ccc(OCc2cccnc2)cc1. The molecule has 1 aromatic carbocycles. The van der Waals surface area contributed by atoms with Crippen LogP contribution in [0.5, 0.6) is 5.75 Å². The molecule has 0 aliphatic carbocycles. The van der Waals surface area contributed by atoms with E-state index in [9.17, 15) is 4.79 Å². The standard InChI is InChI=1S/C19H20N4O2/c1-15(12-23-10-9-21-14-23)22-19(24)17-4-6-18(7-5-17)25-13-16-3-2-8-20-11-16/h2-11,14-15H,12-13H2,1H3,(H,22,24)/t15-/m1/s1. The summed E-state index contributed by atoms with van der Waals surface area (Å²) in [6.45, 7) is 3.09. The van der Waals surface area contributed by atoms with Crippen LogP contribution in [0.15, 0.2) is 67.5 Å². The Labute approximate surface area is 146 Å². The highest BCUT2D eigenvalue weighted by molar-refractivity contribution is 5.94. The third-order valence-electron chi connectivity index (χ3n) is 3.67. The molecule has 1 atom stereocenters. The molecule has 2 aromatic heterocycles. The van der Waals surface area contributed by atoms with Gasteiger partial charge in [0, 0.05) is 48.5 Å². The Kier molecular flexibility index (Phi) is 5.41. The van der Waals surface area contributed by atoms with E-state index in [2.05, 4.69) is 15.3 Å². The number of hydrogen-bond donors (Lipinski definition) is 1. The van der Waals surface area contributed by atoms with Crippen LogP contribution >= 0.6 is 0 Å². The Bertz CT molecular complexity index is 786. The van der Waals surface area contributed by atoms with Crippen LogP contribution in [0.3, 0.4) is 0 Å². The molecule has 0 saturated carbocycles. The van der Waals surface area contributed by atoms with Gasteiger partial charge in [0.2, 0.25) is 0 Å². The van der Waals surface area contributed by atoms with Crippen LogP contribution in [0.1, 0.15) is 22.8 Å². The second kappa shape index (κ2) is 8.10. The quantitative estimate of drug-likeness (QED) is 0.720. The Hall–Kier alpha value is -3.15. The highest BCUT2D eigenvalue weighted by Gasteiger charge is 2.10. The number of pyridine rings is 1. The molecule has 0 saturated heterocycles. The van der Waals surface area contributed by atoms with Crippen molar-refractivity contribution in [1.82, 2.24) is 19.9 Å². The van der Waals surface area contributed by atoms with Crippen LogP contribution in [-0.4, -0.2) is 26.5 Å². The van der Waals surface area contributed by atoms with Gasteiger partial charge < -0.3 is 14.6 Å². The van der Waals surface area contributed by atoms with E-state index in [0.29, 0.717) is 24.5 Å². The van der Waals surface area contributed by atoms with Crippen molar-refractivity contribution in [2.24, 2.45) is 0 Å². The second-order valence-corrected chi connectivity index (χ2v) is 5.81. The predicted molar refractivity (Wildman–Crippen MR) is 94.2 cm³/mol. The van der Waals surface area contributed by atoms with E-state index in [1.54, 1.807) is 49.2 Å². The molecule has 0 aliphatic heterocycles. The molecule has 0 fully saturated rings. The van der Waals surface area contributed by atoms with Gasteiger partial charge in [0.15, 0.2) is 0 Å². The predicted octanol–water partition coefficient (Wildman–Crippen LogP) is 2.68. The normalized spacial score (nSPS) is 11.7. The van der Waals surface area contributed by atoms with Crippen molar-refractivity contribution in [3.63, 3.8) is 0 Å². The lowest BCUT2D eigenvalue weighted by atomic mass is 10.2. The molecule has 0 unspecified atom stereocenters. The number of nitrogens with zero attached hydrogens (tertiary/aromatic N) is 3.